The van der Waals surface area contributed by atoms with Crippen LogP contribution < -0.4 is 9.47 Å². The number of nitrogens with zero attached hydrogens (tertiary/aromatic N) is 2. The Labute approximate surface area is 222 Å². The van der Waals surface area contributed by atoms with Crippen LogP contribution in [0.4, 0.5) is 10.5 Å². The first-order valence-electron chi connectivity index (χ1n) is 11.9. The molecule has 0 aromatic heterocycles. The van der Waals surface area contributed by atoms with E-state index in [-0.39, 0.29) is 23.4 Å². The highest BCUT2D eigenvalue weighted by molar-refractivity contribution is 9.10. The molecule has 0 radical (unpaired) electrons. The van der Waals surface area contributed by atoms with E-state index in [1.807, 2.05) is 6.92 Å². The van der Waals surface area contributed by atoms with Gasteiger partial charge in [0, 0.05) is 18.7 Å². The lowest BCUT2D eigenvalue weighted by Crippen LogP contribution is -2.34. The first-order chi connectivity index (χ1) is 17.4. The van der Waals surface area contributed by atoms with E-state index in [2.05, 4.69) is 15.9 Å². The second-order valence-electron chi connectivity index (χ2n) is 8.78. The predicted octanol–water partition coefficient (Wildman–Crippen LogP) is 6.95. The molecule has 0 bridgehead atoms. The molecule has 8 nitrogen and oxygen atoms in total. The maximum Gasteiger partial charge on any atom is 0.293 e. The molecule has 36 heavy (non-hydrogen) atoms. The number of hydrogen-bond acceptors (Lipinski definition) is 7. The summed E-state index contributed by atoms with van der Waals surface area (Å²) < 4.78 is 12.3. The molecule has 2 aromatic carbocycles. The van der Waals surface area contributed by atoms with E-state index < -0.39 is 4.92 Å². The van der Waals surface area contributed by atoms with Crippen LogP contribution in [0.1, 0.15) is 50.2 Å². The third kappa shape index (κ3) is 6.28. The van der Waals surface area contributed by atoms with Gasteiger partial charge in [-0.2, -0.15) is 0 Å². The summed E-state index contributed by atoms with van der Waals surface area (Å²) in [5.41, 5.74) is 1.33. The molecule has 2 aromatic rings. The normalized spacial score (nSPS) is 17.6. The highest BCUT2D eigenvalue weighted by Gasteiger charge is 2.36. The van der Waals surface area contributed by atoms with Crippen molar-refractivity contribution in [2.24, 2.45) is 5.92 Å². The molecular weight excluding hydrogens is 548 g/mol. The van der Waals surface area contributed by atoms with Crippen molar-refractivity contribution in [1.82, 2.24) is 4.90 Å². The number of non-ortho nitro benzene ring substituents is 1. The monoisotopic (exact) mass is 574 g/mol. The number of imide groups is 1. The number of hydrogen-bond donors (Lipinski definition) is 0. The van der Waals surface area contributed by atoms with Crippen LogP contribution in [0.3, 0.4) is 0 Å². The van der Waals surface area contributed by atoms with Crippen molar-refractivity contribution < 1.29 is 24.0 Å². The summed E-state index contributed by atoms with van der Waals surface area (Å²) in [4.78, 5) is 37.9. The Morgan fingerprint density at radius 3 is 2.67 bits per heavy atom. The van der Waals surface area contributed by atoms with Crippen molar-refractivity contribution in [3.63, 3.8) is 0 Å². The van der Waals surface area contributed by atoms with Gasteiger partial charge in [0.1, 0.15) is 6.61 Å². The third-order valence-electron chi connectivity index (χ3n) is 6.17. The molecule has 0 unspecified atom stereocenters. The van der Waals surface area contributed by atoms with Crippen LogP contribution in [-0.2, 0) is 11.4 Å². The van der Waals surface area contributed by atoms with Crippen LogP contribution in [0.15, 0.2) is 45.8 Å². The number of nitro benzene ring substituents is 1. The fourth-order valence-corrected chi connectivity index (χ4v) is 5.85. The maximum atomic E-state index is 13.0. The summed E-state index contributed by atoms with van der Waals surface area (Å²) in [6, 6.07) is 9.80. The van der Waals surface area contributed by atoms with Crippen LogP contribution in [0, 0.1) is 16.0 Å². The number of thioether (sulfide) groups is 1. The summed E-state index contributed by atoms with van der Waals surface area (Å²) in [5.74, 6) is 1.04. The Hall–Kier alpha value is -2.85. The summed E-state index contributed by atoms with van der Waals surface area (Å²) in [7, 11) is 0. The van der Waals surface area contributed by atoms with Gasteiger partial charge >= 0.3 is 0 Å². The van der Waals surface area contributed by atoms with Crippen molar-refractivity contribution >= 4 is 50.6 Å². The SMILES string of the molecule is CCOc1cc(/C=C2/SC(=O)N(CC3CCCCC3)C2=O)cc(Br)c1OCc1cccc([N+](=O)[O-])c1. The topological polar surface area (TPSA) is 99.0 Å². The molecule has 190 valence electrons. The van der Waals surface area contributed by atoms with Gasteiger partial charge in [-0.05, 0) is 82.7 Å². The van der Waals surface area contributed by atoms with Gasteiger partial charge in [-0.1, -0.05) is 31.4 Å². The van der Waals surface area contributed by atoms with Crippen molar-refractivity contribution in [2.75, 3.05) is 13.2 Å². The fourth-order valence-electron chi connectivity index (χ4n) is 4.43. The highest BCUT2D eigenvalue weighted by atomic mass is 79.9. The van der Waals surface area contributed by atoms with E-state index in [0.29, 0.717) is 51.1 Å². The third-order valence-corrected chi connectivity index (χ3v) is 7.67. The molecule has 1 saturated heterocycles. The van der Waals surface area contributed by atoms with Crippen LogP contribution in [0.5, 0.6) is 11.5 Å². The van der Waals surface area contributed by atoms with Gasteiger partial charge in [0.2, 0.25) is 0 Å². The molecular formula is C26H27BrN2O6S. The molecule has 1 aliphatic heterocycles. The van der Waals surface area contributed by atoms with E-state index in [0.717, 1.165) is 37.4 Å². The predicted molar refractivity (Wildman–Crippen MR) is 142 cm³/mol. The minimum atomic E-state index is -0.448. The van der Waals surface area contributed by atoms with Gasteiger partial charge in [0.25, 0.3) is 16.8 Å². The average molecular weight is 575 g/mol. The summed E-state index contributed by atoms with van der Waals surface area (Å²) >= 11 is 4.48. The Morgan fingerprint density at radius 2 is 1.94 bits per heavy atom. The smallest absolute Gasteiger partial charge is 0.293 e. The second-order valence-corrected chi connectivity index (χ2v) is 10.6. The molecule has 2 amide bonds. The van der Waals surface area contributed by atoms with E-state index >= 15 is 0 Å². The van der Waals surface area contributed by atoms with Crippen molar-refractivity contribution in [1.29, 1.82) is 0 Å². The second kappa shape index (κ2) is 11.9. The Morgan fingerprint density at radius 1 is 1.17 bits per heavy atom. The highest BCUT2D eigenvalue weighted by Crippen LogP contribution is 2.40. The number of amides is 2. The molecule has 2 aliphatic rings. The summed E-state index contributed by atoms with van der Waals surface area (Å²) in [6.07, 6.45) is 7.34. The number of ether oxygens (including phenoxy) is 2. The van der Waals surface area contributed by atoms with Crippen LogP contribution in [0.25, 0.3) is 6.08 Å². The number of halogens is 1. The molecule has 10 heteroatoms. The number of rotatable bonds is 9. The Balaban J connectivity index is 1.52. The van der Waals surface area contributed by atoms with Gasteiger partial charge in [-0.3, -0.25) is 24.6 Å². The average Bonchev–Trinajstić information content (AvgIpc) is 3.12. The minimum Gasteiger partial charge on any atom is -0.490 e. The zero-order chi connectivity index (χ0) is 25.7. The van der Waals surface area contributed by atoms with Crippen LogP contribution in [-0.4, -0.2) is 34.1 Å². The molecule has 1 aliphatic carbocycles. The molecule has 0 N–H and O–H groups in total. The Bertz CT molecular complexity index is 1190. The van der Waals surface area contributed by atoms with Crippen LogP contribution in [0.2, 0.25) is 0 Å². The zero-order valence-corrected chi connectivity index (χ0v) is 22.3. The summed E-state index contributed by atoms with van der Waals surface area (Å²) in [5, 5.41) is 10.8. The number of carbonyl (C=O) groups is 2. The lowest BCUT2D eigenvalue weighted by molar-refractivity contribution is -0.384. The molecule has 1 saturated carbocycles. The van der Waals surface area contributed by atoms with Crippen molar-refractivity contribution in [3.05, 3.63) is 67.0 Å². The fraction of sp³-hybridized carbons (Fsp3) is 0.385. The van der Waals surface area contributed by atoms with Crippen molar-refractivity contribution in [3.8, 4) is 11.5 Å². The molecule has 1 heterocycles. The minimum absolute atomic E-state index is 0.00650. The number of benzene rings is 2. The largest absolute Gasteiger partial charge is 0.490 e. The maximum absolute atomic E-state index is 13.0. The summed E-state index contributed by atoms with van der Waals surface area (Å²) in [6.45, 7) is 2.84. The quantitative estimate of drug-likeness (QED) is 0.181. The van der Waals surface area contributed by atoms with E-state index in [4.69, 9.17) is 9.47 Å². The van der Waals surface area contributed by atoms with Gasteiger partial charge in [-0.15, -0.1) is 0 Å². The molecule has 0 spiro atoms. The molecule has 2 fully saturated rings. The van der Waals surface area contributed by atoms with Crippen LogP contribution >= 0.6 is 27.7 Å². The van der Waals surface area contributed by atoms with Gasteiger partial charge < -0.3 is 9.47 Å². The Kier molecular flexibility index (Phi) is 8.68. The standard InChI is InChI=1S/C26H27BrN2O6S/c1-2-34-22-13-19(12-21(27)24(22)35-16-18-9-6-10-20(11-18)29(32)33)14-23-25(30)28(26(31)36-23)15-17-7-4-3-5-8-17/h6,9-14,17H,2-5,7-8,15-16H2,1H3/b23-14+. The number of nitro groups is 1. The van der Waals surface area contributed by atoms with E-state index in [1.165, 1.54) is 23.5 Å². The van der Waals surface area contributed by atoms with Gasteiger partial charge in [0.05, 0.1) is 20.9 Å². The lowest BCUT2D eigenvalue weighted by atomic mass is 9.89. The van der Waals surface area contributed by atoms with Crippen molar-refractivity contribution in [2.45, 2.75) is 45.6 Å². The van der Waals surface area contributed by atoms with E-state index in [9.17, 15) is 19.7 Å². The number of carbonyl (C=O) groups excluding carboxylic acids is 2. The van der Waals surface area contributed by atoms with Gasteiger partial charge in [-0.25, -0.2) is 0 Å². The first kappa shape index (κ1) is 26.2. The molecule has 0 atom stereocenters. The zero-order valence-electron chi connectivity index (χ0n) is 19.9. The molecule has 4 rings (SSSR count). The first-order valence-corrected chi connectivity index (χ1v) is 13.5. The van der Waals surface area contributed by atoms with Gasteiger partial charge in [0.15, 0.2) is 11.5 Å². The lowest BCUT2D eigenvalue weighted by Gasteiger charge is -2.25. The van der Waals surface area contributed by atoms with E-state index in [1.54, 1.807) is 30.3 Å².